The molecule has 1 N–H and O–H groups in total. The Balaban J connectivity index is 1.50. The van der Waals surface area contributed by atoms with Crippen LogP contribution in [0.1, 0.15) is 45.3 Å². The number of carbonyl (C=O) groups excluding carboxylic acids is 1. The average Bonchev–Trinajstić information content (AvgIpc) is 3.36. The van der Waals surface area contributed by atoms with Crippen molar-refractivity contribution in [2.75, 3.05) is 10.2 Å². The fourth-order valence-electron chi connectivity index (χ4n) is 3.77. The maximum Gasteiger partial charge on any atom is 0.228 e. The molecule has 0 radical (unpaired) electrons. The Morgan fingerprint density at radius 1 is 1.13 bits per heavy atom. The molecule has 1 aliphatic heterocycles. The summed E-state index contributed by atoms with van der Waals surface area (Å²) in [5.41, 5.74) is 1.84. The van der Waals surface area contributed by atoms with E-state index in [0.717, 1.165) is 17.8 Å². The number of benzene rings is 1. The normalized spacial score (nSPS) is 17.6. The highest BCUT2D eigenvalue weighted by atomic mass is 35.5. The van der Waals surface area contributed by atoms with Crippen LogP contribution in [0.15, 0.2) is 49.1 Å². The maximum atomic E-state index is 12.4. The number of anilines is 2. The molecule has 3 heterocycles. The first-order valence-electron chi connectivity index (χ1n) is 10.1. The molecular formula is C22H25ClN6O. The first kappa shape index (κ1) is 20.3. The third-order valence-electron chi connectivity index (χ3n) is 5.43. The summed E-state index contributed by atoms with van der Waals surface area (Å²) < 4.78 is 1.94. The van der Waals surface area contributed by atoms with Gasteiger partial charge in [0.05, 0.1) is 18.1 Å². The van der Waals surface area contributed by atoms with Crippen LogP contribution < -0.4 is 10.2 Å². The molecule has 8 heteroatoms. The zero-order chi connectivity index (χ0) is 21.3. The van der Waals surface area contributed by atoms with Crippen LogP contribution in [0.3, 0.4) is 0 Å². The number of nitrogens with zero attached hydrogens (tertiary/aromatic N) is 5. The Morgan fingerprint density at radius 3 is 2.63 bits per heavy atom. The number of hydrogen-bond donors (Lipinski definition) is 1. The molecule has 0 aliphatic carbocycles. The SMILES string of the molecule is CC(C)[C@H]1CCC(=O)N1c1ccnc(N[C@@H](C)c2cn(-c3ccc(Cl)cc3)cn2)n1. The number of rotatable bonds is 6. The summed E-state index contributed by atoms with van der Waals surface area (Å²) in [5, 5.41) is 3.99. The second-order valence-corrected chi connectivity index (χ2v) is 8.34. The summed E-state index contributed by atoms with van der Waals surface area (Å²) in [6.45, 7) is 6.27. The van der Waals surface area contributed by atoms with E-state index < -0.39 is 0 Å². The highest BCUT2D eigenvalue weighted by Gasteiger charge is 2.35. The summed E-state index contributed by atoms with van der Waals surface area (Å²) in [4.78, 5) is 27.7. The lowest BCUT2D eigenvalue weighted by molar-refractivity contribution is -0.117. The predicted octanol–water partition coefficient (Wildman–Crippen LogP) is 4.64. The topological polar surface area (TPSA) is 75.9 Å². The van der Waals surface area contributed by atoms with Crippen molar-refractivity contribution in [3.05, 3.63) is 59.8 Å². The molecule has 2 aromatic heterocycles. The van der Waals surface area contributed by atoms with E-state index in [2.05, 4.69) is 34.1 Å². The van der Waals surface area contributed by atoms with E-state index in [4.69, 9.17) is 11.6 Å². The summed E-state index contributed by atoms with van der Waals surface area (Å²) in [6, 6.07) is 9.44. The van der Waals surface area contributed by atoms with E-state index in [0.29, 0.717) is 29.1 Å². The van der Waals surface area contributed by atoms with Crippen LogP contribution in [0.4, 0.5) is 11.8 Å². The summed E-state index contributed by atoms with van der Waals surface area (Å²) in [5.74, 6) is 1.61. The van der Waals surface area contributed by atoms with Gasteiger partial charge in [0.2, 0.25) is 11.9 Å². The minimum absolute atomic E-state index is 0.107. The molecule has 156 valence electrons. The Hall–Kier alpha value is -2.93. The van der Waals surface area contributed by atoms with E-state index in [1.807, 2.05) is 46.9 Å². The van der Waals surface area contributed by atoms with Crippen molar-refractivity contribution in [1.29, 1.82) is 0 Å². The van der Waals surface area contributed by atoms with E-state index in [9.17, 15) is 4.79 Å². The molecule has 1 saturated heterocycles. The molecule has 1 aliphatic rings. The third-order valence-corrected chi connectivity index (χ3v) is 5.68. The fourth-order valence-corrected chi connectivity index (χ4v) is 3.90. The largest absolute Gasteiger partial charge is 0.346 e. The Kier molecular flexibility index (Phi) is 5.72. The second-order valence-electron chi connectivity index (χ2n) is 7.90. The van der Waals surface area contributed by atoms with Gasteiger partial charge in [-0.15, -0.1) is 0 Å². The molecule has 30 heavy (non-hydrogen) atoms. The number of halogens is 1. The molecule has 7 nitrogen and oxygen atoms in total. The summed E-state index contributed by atoms with van der Waals surface area (Å²) in [6.07, 6.45) is 6.84. The van der Waals surface area contributed by atoms with Crippen molar-refractivity contribution in [2.45, 2.75) is 45.7 Å². The van der Waals surface area contributed by atoms with Gasteiger partial charge in [0.15, 0.2) is 0 Å². The average molecular weight is 425 g/mol. The Labute approximate surface area is 181 Å². The van der Waals surface area contributed by atoms with Gasteiger partial charge in [0.25, 0.3) is 0 Å². The van der Waals surface area contributed by atoms with Crippen LogP contribution in [0, 0.1) is 5.92 Å². The van der Waals surface area contributed by atoms with Crippen molar-refractivity contribution in [1.82, 2.24) is 19.5 Å². The van der Waals surface area contributed by atoms with Crippen molar-refractivity contribution >= 4 is 29.3 Å². The van der Waals surface area contributed by atoms with Crippen LogP contribution in [0.2, 0.25) is 5.02 Å². The van der Waals surface area contributed by atoms with Crippen molar-refractivity contribution in [3.8, 4) is 5.69 Å². The molecule has 1 amide bonds. The minimum Gasteiger partial charge on any atom is -0.346 e. The number of aromatic nitrogens is 4. The number of hydrogen-bond acceptors (Lipinski definition) is 5. The first-order chi connectivity index (χ1) is 14.4. The maximum absolute atomic E-state index is 12.4. The monoisotopic (exact) mass is 424 g/mol. The van der Waals surface area contributed by atoms with Crippen molar-refractivity contribution in [3.63, 3.8) is 0 Å². The van der Waals surface area contributed by atoms with Crippen LogP contribution in [-0.4, -0.2) is 31.5 Å². The zero-order valence-corrected chi connectivity index (χ0v) is 18.0. The number of amides is 1. The Bertz CT molecular complexity index is 1030. The third kappa shape index (κ3) is 4.16. The molecule has 4 rings (SSSR count). The highest BCUT2D eigenvalue weighted by Crippen LogP contribution is 2.30. The van der Waals surface area contributed by atoms with Gasteiger partial charge < -0.3 is 9.88 Å². The number of imidazole rings is 1. The first-order valence-corrected chi connectivity index (χ1v) is 10.5. The molecule has 0 bridgehead atoms. The van der Waals surface area contributed by atoms with Gasteiger partial charge in [-0.05, 0) is 49.6 Å². The lowest BCUT2D eigenvalue weighted by atomic mass is 10.0. The summed E-state index contributed by atoms with van der Waals surface area (Å²) >= 11 is 5.97. The van der Waals surface area contributed by atoms with Crippen LogP contribution in [0.5, 0.6) is 0 Å². The highest BCUT2D eigenvalue weighted by molar-refractivity contribution is 6.30. The fraction of sp³-hybridized carbons (Fsp3) is 0.364. The molecule has 2 atom stereocenters. The lowest BCUT2D eigenvalue weighted by Gasteiger charge is -2.27. The van der Waals surface area contributed by atoms with Gasteiger partial charge in [0, 0.05) is 35.6 Å². The molecule has 1 aromatic carbocycles. The van der Waals surface area contributed by atoms with Crippen molar-refractivity contribution in [2.24, 2.45) is 5.92 Å². The van der Waals surface area contributed by atoms with Gasteiger partial charge >= 0.3 is 0 Å². The Morgan fingerprint density at radius 2 is 1.90 bits per heavy atom. The van der Waals surface area contributed by atoms with Crippen LogP contribution in [-0.2, 0) is 4.79 Å². The smallest absolute Gasteiger partial charge is 0.228 e. The van der Waals surface area contributed by atoms with E-state index in [1.165, 1.54) is 0 Å². The van der Waals surface area contributed by atoms with Crippen LogP contribution >= 0.6 is 11.6 Å². The van der Waals surface area contributed by atoms with E-state index in [1.54, 1.807) is 18.6 Å². The molecule has 1 fully saturated rings. The van der Waals surface area contributed by atoms with E-state index >= 15 is 0 Å². The quantitative estimate of drug-likeness (QED) is 0.623. The summed E-state index contributed by atoms with van der Waals surface area (Å²) in [7, 11) is 0. The standard InChI is InChI=1S/C22H25ClN6O/c1-14(2)19-8-9-21(30)29(19)20-10-11-24-22(27-20)26-15(3)18-12-28(13-25-18)17-6-4-16(23)5-7-17/h4-7,10-15,19H,8-9H2,1-3H3,(H,24,26,27)/t15-,19+/m0/s1. The van der Waals surface area contributed by atoms with Crippen LogP contribution in [0.25, 0.3) is 5.69 Å². The van der Waals surface area contributed by atoms with Gasteiger partial charge in [-0.2, -0.15) is 4.98 Å². The molecule has 0 saturated carbocycles. The molecule has 0 unspecified atom stereocenters. The van der Waals surface area contributed by atoms with Gasteiger partial charge in [-0.25, -0.2) is 9.97 Å². The molecule has 3 aromatic rings. The van der Waals surface area contributed by atoms with Gasteiger partial charge in [-0.1, -0.05) is 25.4 Å². The molecule has 0 spiro atoms. The number of nitrogens with one attached hydrogen (secondary N) is 1. The van der Waals surface area contributed by atoms with Crippen molar-refractivity contribution < 1.29 is 4.79 Å². The zero-order valence-electron chi connectivity index (χ0n) is 17.3. The second kappa shape index (κ2) is 8.44. The minimum atomic E-state index is -0.107. The molecular weight excluding hydrogens is 400 g/mol. The van der Waals surface area contributed by atoms with Gasteiger partial charge in [0.1, 0.15) is 5.82 Å². The predicted molar refractivity (Wildman–Crippen MR) is 118 cm³/mol. The van der Waals surface area contributed by atoms with E-state index in [-0.39, 0.29) is 18.0 Å². The number of carbonyl (C=O) groups is 1. The lowest BCUT2D eigenvalue weighted by Crippen LogP contribution is -2.37. The van der Waals surface area contributed by atoms with Gasteiger partial charge in [-0.3, -0.25) is 9.69 Å².